The molecule has 30 heavy (non-hydrogen) atoms. The second kappa shape index (κ2) is 11.5. The normalized spacial score (nSPS) is 27.6. The Hall–Kier alpha value is -1.16. The number of hydrogen-bond acceptors (Lipinski definition) is 7. The molecule has 1 heterocycles. The molecule has 9 nitrogen and oxygen atoms in total. The minimum atomic E-state index is -2.37. The maximum Gasteiger partial charge on any atom is 0.302 e. The van der Waals surface area contributed by atoms with Gasteiger partial charge in [-0.3, -0.25) is 4.79 Å². The molecule has 0 amide bonds. The van der Waals surface area contributed by atoms with E-state index in [1.165, 1.54) is 6.92 Å². The number of hydrogen-bond donors (Lipinski definition) is 1. The van der Waals surface area contributed by atoms with Crippen molar-refractivity contribution in [1.82, 2.24) is 0 Å². The summed E-state index contributed by atoms with van der Waals surface area (Å²) in [5, 5.41) is 14.6. The van der Waals surface area contributed by atoms with Gasteiger partial charge >= 0.3 is 5.97 Å². The van der Waals surface area contributed by atoms with Gasteiger partial charge in [-0.25, -0.2) is 0 Å². The second-order valence-electron chi connectivity index (χ2n) is 9.23. The lowest BCUT2D eigenvalue weighted by Crippen LogP contribution is -2.62. The van der Waals surface area contributed by atoms with Gasteiger partial charge in [-0.05, 0) is 36.0 Å². The van der Waals surface area contributed by atoms with Crippen molar-refractivity contribution in [2.24, 2.45) is 11.0 Å². The summed E-state index contributed by atoms with van der Waals surface area (Å²) in [5.41, 5.74) is 9.15. The summed E-state index contributed by atoms with van der Waals surface area (Å²) in [6.07, 6.45) is -1.98. The summed E-state index contributed by atoms with van der Waals surface area (Å²) in [4.78, 5) is 14.2. The Morgan fingerprint density at radius 2 is 2.00 bits per heavy atom. The number of nitrogens with zero attached hydrogens (tertiary/aromatic N) is 3. The molecule has 5 atom stereocenters. The molecule has 1 fully saturated rings. The van der Waals surface area contributed by atoms with Crippen molar-refractivity contribution < 1.29 is 28.5 Å². The average molecular weight is 446 g/mol. The van der Waals surface area contributed by atoms with E-state index < -0.39 is 44.9 Å². The highest BCUT2D eigenvalue weighted by Gasteiger charge is 2.51. The average Bonchev–Trinajstić information content (AvgIpc) is 2.64. The molecule has 10 heteroatoms. The van der Waals surface area contributed by atoms with Crippen molar-refractivity contribution >= 4 is 14.3 Å². The summed E-state index contributed by atoms with van der Waals surface area (Å²) < 4.78 is 23.5. The first-order valence-electron chi connectivity index (χ1n) is 10.7. The van der Waals surface area contributed by atoms with Gasteiger partial charge in [0, 0.05) is 18.4 Å². The zero-order chi connectivity index (χ0) is 23.1. The van der Waals surface area contributed by atoms with E-state index in [0.717, 1.165) is 12.8 Å². The van der Waals surface area contributed by atoms with Gasteiger partial charge in [0.1, 0.15) is 24.9 Å². The maximum atomic E-state index is 11.3. The van der Waals surface area contributed by atoms with Gasteiger partial charge < -0.3 is 23.7 Å². The zero-order valence-corrected chi connectivity index (χ0v) is 20.6. The van der Waals surface area contributed by atoms with Crippen molar-refractivity contribution in [3.63, 3.8) is 0 Å². The van der Waals surface area contributed by atoms with Crippen molar-refractivity contribution in [3.05, 3.63) is 10.4 Å². The number of aliphatic hydroxyl groups excluding tert-OH is 1. The maximum absolute atomic E-state index is 11.3. The Labute approximate surface area is 181 Å². The number of esters is 1. The molecule has 174 valence electrons. The van der Waals surface area contributed by atoms with Crippen LogP contribution in [0.5, 0.6) is 0 Å². The van der Waals surface area contributed by atoms with E-state index in [4.69, 9.17) is 24.2 Å². The first-order chi connectivity index (χ1) is 13.9. The molecular formula is C20H39N3O6Si. The van der Waals surface area contributed by atoms with Crippen LogP contribution in [0.3, 0.4) is 0 Å². The van der Waals surface area contributed by atoms with Crippen LogP contribution in [-0.2, 0) is 23.4 Å². The predicted octanol–water partition coefficient (Wildman–Crippen LogP) is 4.16. The molecule has 1 aliphatic rings. The first kappa shape index (κ1) is 26.9. The highest BCUT2D eigenvalue weighted by atomic mass is 28.4. The third-order valence-electron chi connectivity index (χ3n) is 6.49. The van der Waals surface area contributed by atoms with E-state index in [-0.39, 0.29) is 11.6 Å². The number of unbranched alkanes of at least 4 members (excludes halogenated alkanes) is 1. The molecule has 1 aliphatic heterocycles. The van der Waals surface area contributed by atoms with E-state index in [2.05, 4.69) is 50.8 Å². The lowest BCUT2D eigenvalue weighted by molar-refractivity contribution is -0.253. The molecule has 1 rings (SSSR count). The minimum Gasteiger partial charge on any atom is -0.463 e. The molecule has 1 saturated heterocycles. The monoisotopic (exact) mass is 445 g/mol. The molecule has 2 unspecified atom stereocenters. The molecule has 0 saturated carbocycles. The largest absolute Gasteiger partial charge is 0.463 e. The summed E-state index contributed by atoms with van der Waals surface area (Å²) in [7, 11) is -2.37. The van der Waals surface area contributed by atoms with Gasteiger partial charge in [-0.15, -0.1) is 0 Å². The first-order valence-corrected chi connectivity index (χ1v) is 13.6. The molecule has 0 spiro atoms. The smallest absolute Gasteiger partial charge is 0.302 e. The van der Waals surface area contributed by atoms with Gasteiger partial charge in [0.05, 0.1) is 6.10 Å². The van der Waals surface area contributed by atoms with Crippen molar-refractivity contribution in [3.8, 4) is 0 Å². The van der Waals surface area contributed by atoms with Crippen LogP contribution in [-0.4, -0.2) is 63.3 Å². The summed E-state index contributed by atoms with van der Waals surface area (Å²) in [5.74, 6) is -0.112. The number of azide groups is 1. The summed E-state index contributed by atoms with van der Waals surface area (Å²) in [6, 6.07) is -0.856. The lowest BCUT2D eigenvalue weighted by atomic mass is 9.97. The van der Waals surface area contributed by atoms with Crippen LogP contribution < -0.4 is 0 Å². The highest BCUT2D eigenvalue weighted by Crippen LogP contribution is 2.46. The molecule has 0 aliphatic carbocycles. The molecule has 0 bridgehead atoms. The zero-order valence-electron chi connectivity index (χ0n) is 19.6. The molecular weight excluding hydrogens is 406 g/mol. The van der Waals surface area contributed by atoms with Crippen molar-refractivity contribution in [2.45, 2.75) is 103 Å². The number of rotatable bonds is 11. The highest BCUT2D eigenvalue weighted by molar-refractivity contribution is 6.74. The van der Waals surface area contributed by atoms with Crippen molar-refractivity contribution in [1.29, 1.82) is 0 Å². The molecule has 0 aromatic rings. The van der Waals surface area contributed by atoms with E-state index in [0.29, 0.717) is 12.5 Å². The quantitative estimate of drug-likeness (QED) is 0.127. The fourth-order valence-corrected chi connectivity index (χ4v) is 5.68. The number of ether oxygens (including phenoxy) is 3. The van der Waals surface area contributed by atoms with E-state index in [1.54, 1.807) is 0 Å². The van der Waals surface area contributed by atoms with E-state index >= 15 is 0 Å². The third kappa shape index (κ3) is 6.67. The van der Waals surface area contributed by atoms with Crippen LogP contribution in [0.2, 0.25) is 18.1 Å². The number of aliphatic hydroxyl groups is 1. The number of carbonyl (C=O) groups excluding carboxylic acids is 1. The number of carbonyl (C=O) groups is 1. The lowest BCUT2D eigenvalue weighted by Gasteiger charge is -2.49. The fraction of sp³-hybridized carbons (Fsp3) is 0.950. The van der Waals surface area contributed by atoms with Crippen LogP contribution in [0.25, 0.3) is 10.4 Å². The van der Waals surface area contributed by atoms with Gasteiger partial charge in [0.25, 0.3) is 0 Å². The standard InChI is InChI=1S/C20H39N3O6Si/c1-9-10-11-26-18-16(22-23-21)19(28-15(17(18)25)12-27-14(4)24)29-30(7,8)20(5,6)13(2)3/h13,15-19,25H,9-12H2,1-8H3/t15?,16-,17+,18?,19-/m0/s1. The van der Waals surface area contributed by atoms with Crippen LogP contribution in [0.4, 0.5) is 0 Å². The topological polar surface area (TPSA) is 123 Å². The van der Waals surface area contributed by atoms with Crippen LogP contribution in [0.1, 0.15) is 54.4 Å². The van der Waals surface area contributed by atoms with Gasteiger partial charge in [0.2, 0.25) is 0 Å². The van der Waals surface area contributed by atoms with Gasteiger partial charge in [-0.2, -0.15) is 0 Å². The predicted molar refractivity (Wildman–Crippen MR) is 116 cm³/mol. The second-order valence-corrected chi connectivity index (χ2v) is 13.8. The Morgan fingerprint density at radius 1 is 1.37 bits per heavy atom. The fourth-order valence-electron chi connectivity index (χ4n) is 3.21. The summed E-state index contributed by atoms with van der Waals surface area (Å²) >= 11 is 0. The molecule has 0 aromatic heterocycles. The Bertz CT molecular complexity index is 609. The van der Waals surface area contributed by atoms with Crippen LogP contribution in [0.15, 0.2) is 5.11 Å². The Balaban J connectivity index is 3.22. The van der Waals surface area contributed by atoms with Crippen molar-refractivity contribution in [2.75, 3.05) is 13.2 Å². The third-order valence-corrected chi connectivity index (χ3v) is 11.0. The van der Waals surface area contributed by atoms with Crippen LogP contribution in [0, 0.1) is 5.92 Å². The Kier molecular flexibility index (Phi) is 10.3. The SMILES string of the molecule is CCCCOC1[C@H](O)C(COC(C)=O)O[C@@H](O[Si](C)(C)C(C)(C)C(C)C)[C@H]1N=[N+]=[N-]. The minimum absolute atomic E-state index is 0.0999. The Morgan fingerprint density at radius 3 is 2.50 bits per heavy atom. The molecule has 0 aromatic carbocycles. The van der Waals surface area contributed by atoms with E-state index in [1.807, 2.05) is 6.92 Å². The summed E-state index contributed by atoms with van der Waals surface area (Å²) in [6.45, 7) is 16.4. The molecule has 1 N–H and O–H groups in total. The van der Waals surface area contributed by atoms with Gasteiger partial charge in [0.15, 0.2) is 14.6 Å². The molecule has 0 radical (unpaired) electrons. The van der Waals surface area contributed by atoms with Crippen LogP contribution >= 0.6 is 0 Å². The van der Waals surface area contributed by atoms with E-state index in [9.17, 15) is 9.90 Å². The van der Waals surface area contributed by atoms with Gasteiger partial charge in [-0.1, -0.05) is 46.2 Å².